The van der Waals surface area contributed by atoms with Gasteiger partial charge in [0.05, 0.1) is 13.2 Å². The lowest BCUT2D eigenvalue weighted by Gasteiger charge is -2.12. The number of hydrogen-bond acceptors (Lipinski definition) is 8. The molecule has 0 saturated heterocycles. The molecule has 0 saturated carbocycles. The van der Waals surface area contributed by atoms with E-state index in [2.05, 4.69) is 22.6 Å². The van der Waals surface area contributed by atoms with Gasteiger partial charge in [-0.05, 0) is 26.7 Å². The molecule has 0 aliphatic heterocycles. The van der Waals surface area contributed by atoms with Crippen LogP contribution in [-0.2, 0) is 38.1 Å². The monoisotopic (exact) mass is 342 g/mol. The fourth-order valence-electron chi connectivity index (χ4n) is 1.33. The molecule has 24 heavy (non-hydrogen) atoms. The maximum atomic E-state index is 11.5. The van der Waals surface area contributed by atoms with Crippen molar-refractivity contribution in [2.24, 2.45) is 0 Å². The number of ether oxygens (including phenoxy) is 4. The SMILES string of the molecule is C=CC(=O)OC(C)C(=O)OCCCCOC(=O)C(C)OC(=O)C=C. The normalized spacial score (nSPS) is 12.2. The standard InChI is InChI=1S/C16H22O8/c1-5-13(17)23-11(3)15(19)21-9-7-8-10-22-16(20)12(4)24-14(18)6-2/h5-6,11-12H,1-2,7-10H2,3-4H3. The lowest BCUT2D eigenvalue weighted by molar-refractivity contribution is -0.165. The second-order valence-electron chi connectivity index (χ2n) is 4.61. The van der Waals surface area contributed by atoms with E-state index in [1.54, 1.807) is 0 Å². The Labute approximate surface area is 140 Å². The molecule has 0 bridgehead atoms. The van der Waals surface area contributed by atoms with Crippen molar-refractivity contribution in [3.8, 4) is 0 Å². The predicted molar refractivity (Wildman–Crippen MR) is 82.7 cm³/mol. The highest BCUT2D eigenvalue weighted by atomic mass is 16.6. The number of esters is 4. The fourth-order valence-corrected chi connectivity index (χ4v) is 1.33. The van der Waals surface area contributed by atoms with Gasteiger partial charge in [0.15, 0.2) is 12.2 Å². The second kappa shape index (κ2) is 11.9. The van der Waals surface area contributed by atoms with Crippen molar-refractivity contribution in [3.05, 3.63) is 25.3 Å². The average Bonchev–Trinajstić information content (AvgIpc) is 2.56. The molecule has 0 amide bonds. The summed E-state index contributed by atoms with van der Waals surface area (Å²) in [5.74, 6) is -2.77. The zero-order chi connectivity index (χ0) is 18.5. The van der Waals surface area contributed by atoms with Gasteiger partial charge in [-0.25, -0.2) is 19.2 Å². The third kappa shape index (κ3) is 9.39. The van der Waals surface area contributed by atoms with Crippen molar-refractivity contribution >= 4 is 23.9 Å². The molecule has 0 aromatic heterocycles. The van der Waals surface area contributed by atoms with E-state index in [9.17, 15) is 19.2 Å². The minimum absolute atomic E-state index is 0.0906. The smallest absolute Gasteiger partial charge is 0.347 e. The molecular formula is C16H22O8. The van der Waals surface area contributed by atoms with Crippen molar-refractivity contribution in [3.63, 3.8) is 0 Å². The number of hydrogen-bond donors (Lipinski definition) is 0. The molecule has 0 radical (unpaired) electrons. The lowest BCUT2D eigenvalue weighted by atomic mass is 10.3. The summed E-state index contributed by atoms with van der Waals surface area (Å²) in [5.41, 5.74) is 0. The summed E-state index contributed by atoms with van der Waals surface area (Å²) in [6.07, 6.45) is 0.753. The van der Waals surface area contributed by atoms with Crippen LogP contribution in [0.15, 0.2) is 25.3 Å². The Morgan fingerprint density at radius 2 is 1.12 bits per heavy atom. The van der Waals surface area contributed by atoms with Crippen molar-refractivity contribution in [2.75, 3.05) is 13.2 Å². The van der Waals surface area contributed by atoms with Crippen LogP contribution in [0.5, 0.6) is 0 Å². The Bertz CT molecular complexity index is 438. The van der Waals surface area contributed by atoms with Gasteiger partial charge < -0.3 is 18.9 Å². The maximum Gasteiger partial charge on any atom is 0.347 e. The van der Waals surface area contributed by atoms with Gasteiger partial charge in [-0.15, -0.1) is 0 Å². The van der Waals surface area contributed by atoms with Crippen LogP contribution in [-0.4, -0.2) is 49.3 Å². The van der Waals surface area contributed by atoms with E-state index in [1.165, 1.54) is 13.8 Å². The fraction of sp³-hybridized carbons (Fsp3) is 0.500. The van der Waals surface area contributed by atoms with Crippen LogP contribution >= 0.6 is 0 Å². The predicted octanol–water partition coefficient (Wildman–Crippen LogP) is 1.09. The first-order valence-corrected chi connectivity index (χ1v) is 7.31. The molecule has 0 aromatic rings. The van der Waals surface area contributed by atoms with E-state index in [0.29, 0.717) is 12.8 Å². The first-order chi connectivity index (χ1) is 11.3. The van der Waals surface area contributed by atoms with E-state index < -0.39 is 36.1 Å². The average molecular weight is 342 g/mol. The molecule has 134 valence electrons. The Morgan fingerprint density at radius 3 is 1.42 bits per heavy atom. The maximum absolute atomic E-state index is 11.5. The highest BCUT2D eigenvalue weighted by molar-refractivity contribution is 5.85. The van der Waals surface area contributed by atoms with Gasteiger partial charge >= 0.3 is 23.9 Å². The molecule has 0 rings (SSSR count). The van der Waals surface area contributed by atoms with Gasteiger partial charge in [0.2, 0.25) is 0 Å². The van der Waals surface area contributed by atoms with Gasteiger partial charge in [-0.2, -0.15) is 0 Å². The topological polar surface area (TPSA) is 105 Å². The number of carbonyl (C=O) groups is 4. The lowest BCUT2D eigenvalue weighted by Crippen LogP contribution is -2.26. The summed E-state index contributed by atoms with van der Waals surface area (Å²) in [7, 11) is 0. The third-order valence-electron chi connectivity index (χ3n) is 2.61. The Balaban J connectivity index is 3.79. The minimum Gasteiger partial charge on any atom is -0.463 e. The van der Waals surface area contributed by atoms with Gasteiger partial charge in [0, 0.05) is 12.2 Å². The minimum atomic E-state index is -1.02. The quantitative estimate of drug-likeness (QED) is 0.238. The molecule has 0 heterocycles. The van der Waals surface area contributed by atoms with Crippen LogP contribution in [0, 0.1) is 0 Å². The second-order valence-corrected chi connectivity index (χ2v) is 4.61. The molecule has 0 N–H and O–H groups in total. The van der Waals surface area contributed by atoms with Crippen molar-refractivity contribution < 1.29 is 38.1 Å². The zero-order valence-corrected chi connectivity index (χ0v) is 13.8. The van der Waals surface area contributed by atoms with Crippen LogP contribution in [0.2, 0.25) is 0 Å². The van der Waals surface area contributed by atoms with E-state index >= 15 is 0 Å². The van der Waals surface area contributed by atoms with Gasteiger partial charge in [0.1, 0.15) is 0 Å². The summed E-state index contributed by atoms with van der Waals surface area (Å²) in [4.78, 5) is 44.8. The highest BCUT2D eigenvalue weighted by Gasteiger charge is 2.19. The summed E-state index contributed by atoms with van der Waals surface area (Å²) in [6, 6.07) is 0. The molecule has 0 aliphatic carbocycles. The first-order valence-electron chi connectivity index (χ1n) is 7.31. The van der Waals surface area contributed by atoms with Crippen LogP contribution in [0.3, 0.4) is 0 Å². The van der Waals surface area contributed by atoms with Crippen molar-refractivity contribution in [2.45, 2.75) is 38.9 Å². The van der Waals surface area contributed by atoms with Crippen LogP contribution in [0.25, 0.3) is 0 Å². The molecule has 8 nitrogen and oxygen atoms in total. The van der Waals surface area contributed by atoms with E-state index in [-0.39, 0.29) is 13.2 Å². The molecule has 2 unspecified atom stereocenters. The summed E-state index contributed by atoms with van der Waals surface area (Å²) in [5, 5.41) is 0. The molecule has 0 fully saturated rings. The molecule has 0 aliphatic rings. The highest BCUT2D eigenvalue weighted by Crippen LogP contribution is 2.01. The number of rotatable bonds is 11. The first kappa shape index (κ1) is 21.4. The van der Waals surface area contributed by atoms with Crippen molar-refractivity contribution in [1.29, 1.82) is 0 Å². The summed E-state index contributed by atoms with van der Waals surface area (Å²) in [6.45, 7) is 9.38. The van der Waals surface area contributed by atoms with E-state index in [0.717, 1.165) is 12.2 Å². The Morgan fingerprint density at radius 1 is 0.792 bits per heavy atom. The van der Waals surface area contributed by atoms with E-state index in [4.69, 9.17) is 9.47 Å². The zero-order valence-electron chi connectivity index (χ0n) is 13.8. The molecule has 8 heteroatoms. The number of unbranched alkanes of at least 4 members (excludes halogenated alkanes) is 1. The van der Waals surface area contributed by atoms with Gasteiger partial charge in [-0.3, -0.25) is 0 Å². The van der Waals surface area contributed by atoms with Gasteiger partial charge in [-0.1, -0.05) is 13.2 Å². The van der Waals surface area contributed by atoms with Crippen LogP contribution < -0.4 is 0 Å². The molecule has 0 aromatic carbocycles. The largest absolute Gasteiger partial charge is 0.463 e. The summed E-state index contributed by atoms with van der Waals surface area (Å²) < 4.78 is 19.2. The van der Waals surface area contributed by atoms with E-state index in [1.807, 2.05) is 0 Å². The number of carbonyl (C=O) groups excluding carboxylic acids is 4. The Hall–Kier alpha value is -2.64. The molecular weight excluding hydrogens is 320 g/mol. The van der Waals surface area contributed by atoms with Crippen LogP contribution in [0.4, 0.5) is 0 Å². The van der Waals surface area contributed by atoms with Crippen LogP contribution in [0.1, 0.15) is 26.7 Å². The van der Waals surface area contributed by atoms with Gasteiger partial charge in [0.25, 0.3) is 0 Å². The third-order valence-corrected chi connectivity index (χ3v) is 2.61. The molecule has 2 atom stereocenters. The van der Waals surface area contributed by atoms with Crippen molar-refractivity contribution in [1.82, 2.24) is 0 Å². The molecule has 0 spiro atoms. The summed E-state index contributed by atoms with van der Waals surface area (Å²) >= 11 is 0. The Kier molecular flexibility index (Phi) is 10.6.